The fourth-order valence-electron chi connectivity index (χ4n) is 2.20. The summed E-state index contributed by atoms with van der Waals surface area (Å²) in [6.07, 6.45) is 1.67. The van der Waals surface area contributed by atoms with Crippen molar-refractivity contribution in [2.75, 3.05) is 13.1 Å². The molecule has 1 fully saturated rings. The van der Waals surface area contributed by atoms with E-state index in [0.29, 0.717) is 23.5 Å². The molecule has 1 saturated heterocycles. The van der Waals surface area contributed by atoms with Crippen molar-refractivity contribution in [2.45, 2.75) is 24.7 Å². The van der Waals surface area contributed by atoms with E-state index in [0.717, 1.165) is 12.8 Å². The van der Waals surface area contributed by atoms with Crippen LogP contribution in [0.4, 0.5) is 0 Å². The zero-order valence-corrected chi connectivity index (χ0v) is 13.4. The van der Waals surface area contributed by atoms with Gasteiger partial charge in [0.15, 0.2) is 0 Å². The summed E-state index contributed by atoms with van der Waals surface area (Å²) in [7, 11) is -3.61. The standard InChI is InChI=1S/C13H16BrNO4S/c1-9-4-6-15(7-5-9)20(18,19)10-2-3-12(14)11(8-10)13(16)17/h2-3,8-9H,4-7H2,1H3,(H,16,17). The summed E-state index contributed by atoms with van der Waals surface area (Å²) in [5.41, 5.74) is -0.0450. The quantitative estimate of drug-likeness (QED) is 0.897. The lowest BCUT2D eigenvalue weighted by molar-refractivity contribution is 0.0695. The molecule has 7 heteroatoms. The van der Waals surface area contributed by atoms with Crippen LogP contribution in [-0.2, 0) is 10.0 Å². The van der Waals surface area contributed by atoms with Gasteiger partial charge in [-0.3, -0.25) is 0 Å². The lowest BCUT2D eigenvalue weighted by Crippen LogP contribution is -2.37. The molecule has 1 aliphatic heterocycles. The Balaban J connectivity index is 2.35. The molecule has 20 heavy (non-hydrogen) atoms. The predicted molar refractivity (Wildman–Crippen MR) is 78.3 cm³/mol. The average molecular weight is 362 g/mol. The van der Waals surface area contributed by atoms with Crippen molar-refractivity contribution in [2.24, 2.45) is 5.92 Å². The Bertz CT molecular complexity index is 621. The first-order chi connectivity index (χ1) is 9.32. The summed E-state index contributed by atoms with van der Waals surface area (Å²) >= 11 is 3.11. The van der Waals surface area contributed by atoms with Crippen LogP contribution in [0.15, 0.2) is 27.6 Å². The van der Waals surface area contributed by atoms with Gasteiger partial charge in [-0.25, -0.2) is 13.2 Å². The molecule has 0 amide bonds. The monoisotopic (exact) mass is 361 g/mol. The maximum Gasteiger partial charge on any atom is 0.336 e. The molecule has 0 unspecified atom stereocenters. The number of rotatable bonds is 3. The van der Waals surface area contributed by atoms with Crippen LogP contribution >= 0.6 is 15.9 Å². The van der Waals surface area contributed by atoms with Gasteiger partial charge in [-0.2, -0.15) is 4.31 Å². The molecule has 1 heterocycles. The van der Waals surface area contributed by atoms with E-state index < -0.39 is 16.0 Å². The number of carboxylic acids is 1. The fraction of sp³-hybridized carbons (Fsp3) is 0.462. The second-order valence-corrected chi connectivity index (χ2v) is 7.83. The number of hydrogen-bond donors (Lipinski definition) is 1. The predicted octanol–water partition coefficient (Wildman–Crippen LogP) is 2.57. The van der Waals surface area contributed by atoms with E-state index in [-0.39, 0.29) is 10.5 Å². The molecule has 2 rings (SSSR count). The zero-order valence-electron chi connectivity index (χ0n) is 11.0. The number of benzene rings is 1. The van der Waals surface area contributed by atoms with E-state index in [1.807, 2.05) is 0 Å². The summed E-state index contributed by atoms with van der Waals surface area (Å²) in [6.45, 7) is 3.08. The van der Waals surface area contributed by atoms with Crippen LogP contribution in [-0.4, -0.2) is 36.9 Å². The molecular formula is C13H16BrNO4S. The SMILES string of the molecule is CC1CCN(S(=O)(=O)c2ccc(Br)c(C(=O)O)c2)CC1. The van der Waals surface area contributed by atoms with E-state index in [1.165, 1.54) is 22.5 Å². The third kappa shape index (κ3) is 3.05. The van der Waals surface area contributed by atoms with Gasteiger partial charge in [0.2, 0.25) is 10.0 Å². The van der Waals surface area contributed by atoms with Crippen molar-refractivity contribution in [1.29, 1.82) is 0 Å². The van der Waals surface area contributed by atoms with E-state index in [9.17, 15) is 13.2 Å². The number of nitrogens with zero attached hydrogens (tertiary/aromatic N) is 1. The minimum Gasteiger partial charge on any atom is -0.478 e. The van der Waals surface area contributed by atoms with Crippen molar-refractivity contribution in [1.82, 2.24) is 4.31 Å². The number of halogens is 1. The van der Waals surface area contributed by atoms with E-state index in [2.05, 4.69) is 22.9 Å². The van der Waals surface area contributed by atoms with Crippen LogP contribution in [0, 0.1) is 5.92 Å². The minimum absolute atomic E-state index is 0.0349. The molecule has 1 aromatic carbocycles. The Labute approximate surface area is 126 Å². The van der Waals surface area contributed by atoms with Crippen molar-refractivity contribution in [3.8, 4) is 0 Å². The minimum atomic E-state index is -3.61. The number of piperidine rings is 1. The summed E-state index contributed by atoms with van der Waals surface area (Å²) in [6, 6.07) is 4.10. The maximum absolute atomic E-state index is 12.5. The molecule has 1 aromatic rings. The van der Waals surface area contributed by atoms with Gasteiger partial charge in [-0.05, 0) is 52.9 Å². The number of hydrogen-bond acceptors (Lipinski definition) is 3. The van der Waals surface area contributed by atoms with Gasteiger partial charge in [0.25, 0.3) is 0 Å². The van der Waals surface area contributed by atoms with Crippen molar-refractivity contribution < 1.29 is 18.3 Å². The van der Waals surface area contributed by atoms with Crippen molar-refractivity contribution >= 4 is 31.9 Å². The number of aromatic carboxylic acids is 1. The third-order valence-corrected chi connectivity index (χ3v) is 6.13. The number of carboxylic acid groups (broad SMARTS) is 1. The highest BCUT2D eigenvalue weighted by molar-refractivity contribution is 9.10. The molecule has 0 bridgehead atoms. The Morgan fingerprint density at radius 2 is 1.95 bits per heavy atom. The Hall–Kier alpha value is -0.920. The highest BCUT2D eigenvalue weighted by Crippen LogP contribution is 2.26. The smallest absolute Gasteiger partial charge is 0.336 e. The van der Waals surface area contributed by atoms with Gasteiger partial charge >= 0.3 is 5.97 Å². The molecule has 0 aliphatic carbocycles. The maximum atomic E-state index is 12.5. The van der Waals surface area contributed by atoms with Gasteiger partial charge in [-0.15, -0.1) is 0 Å². The lowest BCUT2D eigenvalue weighted by Gasteiger charge is -2.29. The zero-order chi connectivity index (χ0) is 14.9. The molecule has 110 valence electrons. The fourth-order valence-corrected chi connectivity index (χ4v) is 4.12. The molecule has 0 spiro atoms. The molecular weight excluding hydrogens is 346 g/mol. The summed E-state index contributed by atoms with van der Waals surface area (Å²) in [5, 5.41) is 9.06. The molecule has 0 atom stereocenters. The lowest BCUT2D eigenvalue weighted by atomic mass is 10.0. The van der Waals surface area contributed by atoms with Crippen LogP contribution in [0.25, 0.3) is 0 Å². The summed E-state index contributed by atoms with van der Waals surface area (Å²) in [4.78, 5) is 11.1. The highest BCUT2D eigenvalue weighted by Gasteiger charge is 2.28. The van der Waals surface area contributed by atoms with Crippen LogP contribution in [0.5, 0.6) is 0 Å². The summed E-state index contributed by atoms with van der Waals surface area (Å²) in [5.74, 6) is -0.623. The summed E-state index contributed by atoms with van der Waals surface area (Å²) < 4.78 is 26.8. The van der Waals surface area contributed by atoms with Crippen LogP contribution in [0.2, 0.25) is 0 Å². The first kappa shape index (κ1) is 15.5. The van der Waals surface area contributed by atoms with E-state index in [1.54, 1.807) is 0 Å². The Morgan fingerprint density at radius 3 is 2.50 bits per heavy atom. The second kappa shape index (κ2) is 5.83. The molecule has 5 nitrogen and oxygen atoms in total. The number of carbonyl (C=O) groups is 1. The highest BCUT2D eigenvalue weighted by atomic mass is 79.9. The largest absolute Gasteiger partial charge is 0.478 e. The molecule has 0 radical (unpaired) electrons. The normalized spacial score (nSPS) is 18.1. The van der Waals surface area contributed by atoms with Gasteiger partial charge in [0.1, 0.15) is 0 Å². The second-order valence-electron chi connectivity index (χ2n) is 5.03. The molecule has 0 aromatic heterocycles. The van der Waals surface area contributed by atoms with Gasteiger partial charge in [0.05, 0.1) is 10.5 Å². The average Bonchev–Trinajstić information content (AvgIpc) is 2.39. The molecule has 0 saturated carbocycles. The van der Waals surface area contributed by atoms with E-state index >= 15 is 0 Å². The molecule has 1 aliphatic rings. The van der Waals surface area contributed by atoms with E-state index in [4.69, 9.17) is 5.11 Å². The van der Waals surface area contributed by atoms with Gasteiger partial charge < -0.3 is 5.11 Å². The Morgan fingerprint density at radius 1 is 1.35 bits per heavy atom. The van der Waals surface area contributed by atoms with Crippen molar-refractivity contribution in [3.63, 3.8) is 0 Å². The third-order valence-electron chi connectivity index (χ3n) is 3.55. The first-order valence-electron chi connectivity index (χ1n) is 6.35. The number of sulfonamides is 1. The van der Waals surface area contributed by atoms with Crippen LogP contribution in [0.3, 0.4) is 0 Å². The van der Waals surface area contributed by atoms with Gasteiger partial charge in [0, 0.05) is 17.6 Å². The van der Waals surface area contributed by atoms with Gasteiger partial charge in [-0.1, -0.05) is 6.92 Å². The first-order valence-corrected chi connectivity index (χ1v) is 8.58. The van der Waals surface area contributed by atoms with Crippen LogP contribution < -0.4 is 0 Å². The van der Waals surface area contributed by atoms with Crippen molar-refractivity contribution in [3.05, 3.63) is 28.2 Å². The molecule has 1 N–H and O–H groups in total. The Kier molecular flexibility index (Phi) is 4.51. The van der Waals surface area contributed by atoms with Crippen LogP contribution in [0.1, 0.15) is 30.1 Å². The topological polar surface area (TPSA) is 74.7 Å².